The first-order valence-electron chi connectivity index (χ1n) is 4.83. The predicted octanol–water partition coefficient (Wildman–Crippen LogP) is 2.09. The number of fused-ring (bicyclic) bond motifs is 1. The molecule has 1 aliphatic rings. The molecule has 0 radical (unpaired) electrons. The average Bonchev–Trinajstić information content (AvgIpc) is 2.64. The molecular formula is C10H9F2N3. The first kappa shape index (κ1) is 8.76. The van der Waals surface area contributed by atoms with Crippen molar-refractivity contribution >= 4 is 11.0 Å². The molecule has 0 aliphatic heterocycles. The normalized spacial score (nSPS) is 23.2. The van der Waals surface area contributed by atoms with Gasteiger partial charge in [0.25, 0.3) is 5.92 Å². The third-order valence-corrected chi connectivity index (χ3v) is 2.77. The molecule has 1 aromatic heterocycles. The second-order valence-electron chi connectivity index (χ2n) is 3.92. The first-order chi connectivity index (χ1) is 7.17. The monoisotopic (exact) mass is 209 g/mol. The summed E-state index contributed by atoms with van der Waals surface area (Å²) >= 11 is 0. The Morgan fingerprint density at radius 3 is 2.87 bits per heavy atom. The van der Waals surface area contributed by atoms with Gasteiger partial charge in [-0.2, -0.15) is 0 Å². The molecule has 15 heavy (non-hydrogen) atoms. The van der Waals surface area contributed by atoms with Crippen molar-refractivity contribution in [3.63, 3.8) is 0 Å². The Morgan fingerprint density at radius 1 is 1.40 bits per heavy atom. The summed E-state index contributed by atoms with van der Waals surface area (Å²) in [5.74, 6) is -3.06. The van der Waals surface area contributed by atoms with Crippen molar-refractivity contribution in [2.45, 2.75) is 18.9 Å². The Morgan fingerprint density at radius 2 is 2.13 bits per heavy atom. The Labute approximate surface area is 84.7 Å². The van der Waals surface area contributed by atoms with Crippen LogP contribution in [0.25, 0.3) is 11.0 Å². The molecule has 2 aromatic rings. The zero-order chi connectivity index (χ0) is 10.5. The van der Waals surface area contributed by atoms with Crippen molar-refractivity contribution in [3.8, 4) is 0 Å². The van der Waals surface area contributed by atoms with Crippen molar-refractivity contribution in [3.05, 3.63) is 24.3 Å². The maximum Gasteiger partial charge on any atom is 0.253 e. The number of hydrogen-bond acceptors (Lipinski definition) is 2. The lowest BCUT2D eigenvalue weighted by atomic mass is 10.3. The highest BCUT2D eigenvalue weighted by molar-refractivity contribution is 5.73. The van der Waals surface area contributed by atoms with Crippen molar-refractivity contribution < 1.29 is 8.78 Å². The SMILES string of the molecule is FC1(F)CC1Cn1nnc2ccccc21. The fourth-order valence-corrected chi connectivity index (χ4v) is 1.73. The standard InChI is InChI=1S/C10H9F2N3/c11-10(12)5-7(10)6-15-9-4-2-1-3-8(9)13-14-15/h1-4,7H,5-6H2. The summed E-state index contributed by atoms with van der Waals surface area (Å²) in [7, 11) is 0. The van der Waals surface area contributed by atoms with Crippen LogP contribution in [0.15, 0.2) is 24.3 Å². The number of rotatable bonds is 2. The molecular weight excluding hydrogens is 200 g/mol. The molecule has 0 N–H and O–H groups in total. The molecule has 0 amide bonds. The Balaban J connectivity index is 1.92. The molecule has 0 saturated heterocycles. The van der Waals surface area contributed by atoms with Gasteiger partial charge >= 0.3 is 0 Å². The smallest absolute Gasteiger partial charge is 0.244 e. The van der Waals surface area contributed by atoms with Gasteiger partial charge in [0.15, 0.2) is 0 Å². The van der Waals surface area contributed by atoms with Crippen molar-refractivity contribution in [1.82, 2.24) is 15.0 Å². The highest BCUT2D eigenvalue weighted by atomic mass is 19.3. The summed E-state index contributed by atoms with van der Waals surface area (Å²) in [5, 5.41) is 7.79. The van der Waals surface area contributed by atoms with Crippen LogP contribution in [0.1, 0.15) is 6.42 Å². The summed E-state index contributed by atoms with van der Waals surface area (Å²) in [6.45, 7) is 0.257. The number of benzene rings is 1. The quantitative estimate of drug-likeness (QED) is 0.758. The van der Waals surface area contributed by atoms with Crippen LogP contribution in [0.2, 0.25) is 0 Å². The number of para-hydroxylation sites is 1. The van der Waals surface area contributed by atoms with Crippen LogP contribution in [0.5, 0.6) is 0 Å². The highest BCUT2D eigenvalue weighted by Gasteiger charge is 2.56. The minimum atomic E-state index is -2.49. The van der Waals surface area contributed by atoms with E-state index in [1.807, 2.05) is 24.3 Å². The van der Waals surface area contributed by atoms with E-state index < -0.39 is 11.8 Å². The largest absolute Gasteiger partial charge is 0.253 e. The van der Waals surface area contributed by atoms with Gasteiger partial charge in [-0.25, -0.2) is 13.5 Å². The van der Waals surface area contributed by atoms with Crippen LogP contribution < -0.4 is 0 Å². The molecule has 1 unspecified atom stereocenters. The molecule has 78 valence electrons. The number of halogens is 2. The van der Waals surface area contributed by atoms with Gasteiger partial charge in [-0.15, -0.1) is 5.10 Å². The van der Waals surface area contributed by atoms with Gasteiger partial charge in [0.2, 0.25) is 0 Å². The van der Waals surface area contributed by atoms with Crippen molar-refractivity contribution in [2.75, 3.05) is 0 Å². The summed E-state index contributed by atoms with van der Waals surface area (Å²) < 4.78 is 27.0. The zero-order valence-corrected chi connectivity index (χ0v) is 7.90. The molecule has 0 spiro atoms. The summed E-state index contributed by atoms with van der Waals surface area (Å²) in [4.78, 5) is 0. The van der Waals surface area contributed by atoms with Gasteiger partial charge in [0, 0.05) is 12.3 Å². The molecule has 1 aliphatic carbocycles. The second kappa shape index (κ2) is 2.74. The van der Waals surface area contributed by atoms with Crippen molar-refractivity contribution in [1.29, 1.82) is 0 Å². The van der Waals surface area contributed by atoms with E-state index in [0.717, 1.165) is 11.0 Å². The fourth-order valence-electron chi connectivity index (χ4n) is 1.73. The van der Waals surface area contributed by atoms with E-state index in [2.05, 4.69) is 10.3 Å². The maximum atomic E-state index is 12.7. The number of hydrogen-bond donors (Lipinski definition) is 0. The summed E-state index contributed by atoms with van der Waals surface area (Å²) in [6.07, 6.45) is -0.0266. The fraction of sp³-hybridized carbons (Fsp3) is 0.400. The van der Waals surface area contributed by atoms with E-state index in [1.165, 1.54) is 0 Å². The molecule has 5 heteroatoms. The topological polar surface area (TPSA) is 30.7 Å². The summed E-state index contributed by atoms with van der Waals surface area (Å²) in [6, 6.07) is 7.38. The summed E-state index contributed by atoms with van der Waals surface area (Å²) in [5.41, 5.74) is 1.57. The van der Waals surface area contributed by atoms with Gasteiger partial charge in [0.1, 0.15) is 5.52 Å². The molecule has 3 rings (SSSR count). The minimum Gasteiger partial charge on any atom is -0.244 e. The molecule has 1 fully saturated rings. The molecule has 1 heterocycles. The molecule has 1 atom stereocenters. The average molecular weight is 209 g/mol. The van der Waals surface area contributed by atoms with Gasteiger partial charge in [0.05, 0.1) is 12.1 Å². The van der Waals surface area contributed by atoms with Gasteiger partial charge in [-0.3, -0.25) is 0 Å². The lowest BCUT2D eigenvalue weighted by Gasteiger charge is -2.00. The molecule has 0 bridgehead atoms. The van der Waals surface area contributed by atoms with Crippen LogP contribution in [-0.4, -0.2) is 20.9 Å². The molecule has 3 nitrogen and oxygen atoms in total. The van der Waals surface area contributed by atoms with E-state index in [0.29, 0.717) is 0 Å². The van der Waals surface area contributed by atoms with E-state index in [9.17, 15) is 8.78 Å². The van der Waals surface area contributed by atoms with Crippen molar-refractivity contribution in [2.24, 2.45) is 5.92 Å². The Bertz CT molecular complexity index is 506. The van der Waals surface area contributed by atoms with E-state index in [-0.39, 0.29) is 13.0 Å². The Hall–Kier alpha value is -1.52. The third kappa shape index (κ3) is 1.38. The van der Waals surface area contributed by atoms with Gasteiger partial charge < -0.3 is 0 Å². The van der Waals surface area contributed by atoms with Crippen LogP contribution >= 0.6 is 0 Å². The Kier molecular flexibility index (Phi) is 1.60. The predicted molar refractivity (Wildman–Crippen MR) is 50.6 cm³/mol. The highest BCUT2D eigenvalue weighted by Crippen LogP contribution is 2.49. The number of nitrogens with zero attached hydrogens (tertiary/aromatic N) is 3. The first-order valence-corrected chi connectivity index (χ1v) is 4.83. The third-order valence-electron chi connectivity index (χ3n) is 2.77. The zero-order valence-electron chi connectivity index (χ0n) is 7.90. The van der Waals surface area contributed by atoms with Crippen LogP contribution in [0, 0.1) is 5.92 Å². The van der Waals surface area contributed by atoms with E-state index in [4.69, 9.17) is 0 Å². The number of aromatic nitrogens is 3. The maximum absolute atomic E-state index is 12.7. The lowest BCUT2D eigenvalue weighted by molar-refractivity contribution is 0.0944. The second-order valence-corrected chi connectivity index (χ2v) is 3.92. The van der Waals surface area contributed by atoms with E-state index >= 15 is 0 Å². The van der Waals surface area contributed by atoms with Crippen LogP contribution in [0.3, 0.4) is 0 Å². The molecule has 1 aromatic carbocycles. The lowest BCUT2D eigenvalue weighted by Crippen LogP contribution is -2.06. The van der Waals surface area contributed by atoms with Crippen LogP contribution in [-0.2, 0) is 6.54 Å². The minimum absolute atomic E-state index is 0.0266. The van der Waals surface area contributed by atoms with Crippen LogP contribution in [0.4, 0.5) is 8.78 Å². The van der Waals surface area contributed by atoms with E-state index in [1.54, 1.807) is 4.68 Å². The van der Waals surface area contributed by atoms with Gasteiger partial charge in [-0.1, -0.05) is 17.3 Å². The van der Waals surface area contributed by atoms with Gasteiger partial charge in [-0.05, 0) is 12.1 Å². The number of alkyl halides is 2. The molecule has 1 saturated carbocycles.